The lowest BCUT2D eigenvalue weighted by atomic mass is 10.2. The summed E-state index contributed by atoms with van der Waals surface area (Å²) in [7, 11) is 0. The van der Waals surface area contributed by atoms with Crippen molar-refractivity contribution >= 4 is 0 Å². The Kier molecular flexibility index (Phi) is 4.33. The third kappa shape index (κ3) is 3.34. The molecular weight excluding hydrogens is 186 g/mol. The molecule has 0 spiro atoms. The topological polar surface area (TPSA) is 29.9 Å². The molecule has 0 fully saturated rings. The van der Waals surface area contributed by atoms with E-state index in [-0.39, 0.29) is 0 Å². The molecular formula is C12H23N3. The van der Waals surface area contributed by atoms with Gasteiger partial charge in [0.25, 0.3) is 0 Å². The molecule has 3 heteroatoms. The Morgan fingerprint density at radius 1 is 1.40 bits per heavy atom. The van der Waals surface area contributed by atoms with Crippen molar-refractivity contribution in [3.05, 3.63) is 17.5 Å². The van der Waals surface area contributed by atoms with Crippen LogP contribution in [-0.4, -0.2) is 22.4 Å². The summed E-state index contributed by atoms with van der Waals surface area (Å²) >= 11 is 0. The maximum Gasteiger partial charge on any atom is 0.0618 e. The number of rotatable bonds is 5. The quantitative estimate of drug-likeness (QED) is 0.807. The molecule has 0 aromatic carbocycles. The minimum atomic E-state index is 0.424. The standard InChI is InChI=1S/C12H23N3/c1-6-9(2)13-8-12(5)15-11(4)7-10(3)14-15/h7,9,12-13H,6,8H2,1-5H3. The molecule has 2 unspecified atom stereocenters. The smallest absolute Gasteiger partial charge is 0.0618 e. The summed E-state index contributed by atoms with van der Waals surface area (Å²) in [4.78, 5) is 0. The van der Waals surface area contributed by atoms with E-state index in [4.69, 9.17) is 0 Å². The summed E-state index contributed by atoms with van der Waals surface area (Å²) in [5.74, 6) is 0. The number of hydrogen-bond acceptors (Lipinski definition) is 2. The highest BCUT2D eigenvalue weighted by atomic mass is 15.3. The Bertz CT molecular complexity index is 304. The molecule has 1 aromatic heterocycles. The van der Waals surface area contributed by atoms with Gasteiger partial charge < -0.3 is 5.32 Å². The molecule has 0 aliphatic carbocycles. The zero-order chi connectivity index (χ0) is 11.4. The van der Waals surface area contributed by atoms with E-state index in [1.807, 2.05) is 6.92 Å². The van der Waals surface area contributed by atoms with Crippen molar-refractivity contribution in [2.24, 2.45) is 0 Å². The van der Waals surface area contributed by atoms with Gasteiger partial charge in [0.1, 0.15) is 0 Å². The lowest BCUT2D eigenvalue weighted by molar-refractivity contribution is 0.412. The van der Waals surface area contributed by atoms with Crippen LogP contribution in [0.2, 0.25) is 0 Å². The first-order valence-corrected chi connectivity index (χ1v) is 5.80. The van der Waals surface area contributed by atoms with Gasteiger partial charge in [-0.15, -0.1) is 0 Å². The van der Waals surface area contributed by atoms with E-state index in [0.29, 0.717) is 12.1 Å². The van der Waals surface area contributed by atoms with E-state index < -0.39 is 0 Å². The highest BCUT2D eigenvalue weighted by Gasteiger charge is 2.09. The maximum atomic E-state index is 4.49. The molecule has 1 N–H and O–H groups in total. The van der Waals surface area contributed by atoms with Crippen molar-refractivity contribution in [2.75, 3.05) is 6.54 Å². The van der Waals surface area contributed by atoms with Crippen molar-refractivity contribution < 1.29 is 0 Å². The largest absolute Gasteiger partial charge is 0.312 e. The SMILES string of the molecule is CCC(C)NCC(C)n1nc(C)cc1C. The molecule has 1 aromatic rings. The lowest BCUT2D eigenvalue weighted by Crippen LogP contribution is -2.31. The average molecular weight is 209 g/mol. The van der Waals surface area contributed by atoms with E-state index in [0.717, 1.165) is 12.2 Å². The summed E-state index contributed by atoms with van der Waals surface area (Å²) in [6.45, 7) is 11.8. The molecule has 15 heavy (non-hydrogen) atoms. The minimum absolute atomic E-state index is 0.424. The molecule has 0 saturated heterocycles. The molecule has 0 radical (unpaired) electrons. The van der Waals surface area contributed by atoms with Crippen LogP contribution in [0.4, 0.5) is 0 Å². The molecule has 0 bridgehead atoms. The van der Waals surface area contributed by atoms with E-state index in [1.165, 1.54) is 12.1 Å². The summed E-state index contributed by atoms with van der Waals surface area (Å²) in [5.41, 5.74) is 2.34. The van der Waals surface area contributed by atoms with Crippen molar-refractivity contribution in [3.63, 3.8) is 0 Å². The van der Waals surface area contributed by atoms with E-state index >= 15 is 0 Å². The second kappa shape index (κ2) is 5.31. The van der Waals surface area contributed by atoms with E-state index in [9.17, 15) is 0 Å². The van der Waals surface area contributed by atoms with Gasteiger partial charge in [0.2, 0.25) is 0 Å². The molecule has 0 aliphatic rings. The fourth-order valence-electron chi connectivity index (χ4n) is 1.69. The fraction of sp³-hybridized carbons (Fsp3) is 0.750. The van der Waals surface area contributed by atoms with Crippen molar-refractivity contribution in [3.8, 4) is 0 Å². The molecule has 0 amide bonds. The number of aryl methyl sites for hydroxylation is 2. The number of nitrogens with one attached hydrogen (secondary N) is 1. The first kappa shape index (κ1) is 12.2. The first-order valence-electron chi connectivity index (χ1n) is 5.80. The first-order chi connectivity index (χ1) is 7.04. The summed E-state index contributed by atoms with van der Waals surface area (Å²) in [5, 5.41) is 8.00. The molecule has 1 heterocycles. The van der Waals surface area contributed by atoms with Crippen LogP contribution in [0.25, 0.3) is 0 Å². The van der Waals surface area contributed by atoms with Crippen LogP contribution in [0, 0.1) is 13.8 Å². The average Bonchev–Trinajstić information content (AvgIpc) is 2.53. The molecule has 0 saturated carbocycles. The van der Waals surface area contributed by atoms with Gasteiger partial charge in [-0.1, -0.05) is 6.92 Å². The summed E-state index contributed by atoms with van der Waals surface area (Å²) in [6.07, 6.45) is 1.17. The van der Waals surface area contributed by atoms with Gasteiger partial charge in [0.05, 0.1) is 11.7 Å². The molecule has 3 nitrogen and oxygen atoms in total. The van der Waals surface area contributed by atoms with Gasteiger partial charge in [-0.05, 0) is 40.2 Å². The van der Waals surface area contributed by atoms with Gasteiger partial charge >= 0.3 is 0 Å². The zero-order valence-corrected chi connectivity index (χ0v) is 10.5. The van der Waals surface area contributed by atoms with Crippen molar-refractivity contribution in [1.82, 2.24) is 15.1 Å². The summed E-state index contributed by atoms with van der Waals surface area (Å²) in [6, 6.07) is 3.14. The van der Waals surface area contributed by atoms with Crippen molar-refractivity contribution in [1.29, 1.82) is 0 Å². The molecule has 0 aliphatic heterocycles. The Morgan fingerprint density at radius 3 is 2.53 bits per heavy atom. The monoisotopic (exact) mass is 209 g/mol. The van der Waals surface area contributed by atoms with Crippen LogP contribution < -0.4 is 5.32 Å². The molecule has 2 atom stereocenters. The normalized spacial score (nSPS) is 15.3. The van der Waals surface area contributed by atoms with Crippen molar-refractivity contribution in [2.45, 2.75) is 53.1 Å². The predicted octanol–water partition coefficient (Wildman–Crippen LogP) is 2.45. The zero-order valence-electron chi connectivity index (χ0n) is 10.5. The Labute approximate surface area is 92.9 Å². The van der Waals surface area contributed by atoms with Crippen LogP contribution in [0.1, 0.15) is 44.6 Å². The Hall–Kier alpha value is -0.830. The highest BCUT2D eigenvalue weighted by Crippen LogP contribution is 2.09. The maximum absolute atomic E-state index is 4.49. The number of nitrogens with zero attached hydrogens (tertiary/aromatic N) is 2. The van der Waals surface area contributed by atoms with Crippen LogP contribution >= 0.6 is 0 Å². The van der Waals surface area contributed by atoms with Gasteiger partial charge in [0.15, 0.2) is 0 Å². The molecule has 86 valence electrons. The van der Waals surface area contributed by atoms with Gasteiger partial charge in [0, 0.05) is 18.3 Å². The van der Waals surface area contributed by atoms with Gasteiger partial charge in [-0.2, -0.15) is 5.10 Å². The molecule has 1 rings (SSSR count). The third-order valence-corrected chi connectivity index (χ3v) is 2.84. The van der Waals surface area contributed by atoms with Crippen LogP contribution in [0.5, 0.6) is 0 Å². The van der Waals surface area contributed by atoms with Crippen LogP contribution in [0.15, 0.2) is 6.07 Å². The number of aromatic nitrogens is 2. The fourth-order valence-corrected chi connectivity index (χ4v) is 1.69. The Balaban J connectivity index is 2.53. The predicted molar refractivity (Wildman–Crippen MR) is 64.2 cm³/mol. The van der Waals surface area contributed by atoms with Crippen LogP contribution in [-0.2, 0) is 0 Å². The van der Waals surface area contributed by atoms with Crippen LogP contribution in [0.3, 0.4) is 0 Å². The van der Waals surface area contributed by atoms with E-state index in [2.05, 4.69) is 48.9 Å². The lowest BCUT2D eigenvalue weighted by Gasteiger charge is -2.18. The number of hydrogen-bond donors (Lipinski definition) is 1. The van der Waals surface area contributed by atoms with Gasteiger partial charge in [-0.25, -0.2) is 0 Å². The van der Waals surface area contributed by atoms with E-state index in [1.54, 1.807) is 0 Å². The second-order valence-corrected chi connectivity index (χ2v) is 4.44. The minimum Gasteiger partial charge on any atom is -0.312 e. The summed E-state index contributed by atoms with van der Waals surface area (Å²) < 4.78 is 2.10. The second-order valence-electron chi connectivity index (χ2n) is 4.44. The van der Waals surface area contributed by atoms with Gasteiger partial charge in [-0.3, -0.25) is 4.68 Å². The highest BCUT2D eigenvalue weighted by molar-refractivity contribution is 5.07. The Morgan fingerprint density at radius 2 is 2.07 bits per heavy atom. The third-order valence-electron chi connectivity index (χ3n) is 2.84.